The standard InChI is InChI=1S/C26H34N4O5S.C25H33N3O4S.C2H4O2/c1-19(2)30-23(18-28(4)20(3)31)15-26(27-30)36(32,33)29(16-21-7-11-24(34-5)12-8-21)17-22-9-13-25(35-6)14-10-22;1-6-7-22-16-25(26-28(22)19(2)3)33(29,30)27(17-20-8-12-23(31-4)13-9-20)18-21-10-14-24(32-5)15-11-21;1-2(3)4/h7-15,19H,16-18H2,1-6H3;8-16,19H,6-7,17-18H2,1-5H3;1H3,(H,3,4). The predicted octanol–water partition coefficient (Wildman–Crippen LogP) is 8.77. The summed E-state index contributed by atoms with van der Waals surface area (Å²) in [6.45, 7) is 13.5. The molecule has 73 heavy (non-hydrogen) atoms. The van der Waals surface area contributed by atoms with Gasteiger partial charge in [-0.25, -0.2) is 16.8 Å². The first-order valence-corrected chi connectivity index (χ1v) is 26.5. The third-order valence-corrected chi connectivity index (χ3v) is 14.6. The van der Waals surface area contributed by atoms with Crippen LogP contribution in [-0.4, -0.2) is 102 Å². The number of aryl methyl sites for hydroxylation is 1. The summed E-state index contributed by atoms with van der Waals surface area (Å²) in [5, 5.41) is 16.4. The van der Waals surface area contributed by atoms with Gasteiger partial charge in [0.2, 0.25) is 5.91 Å². The number of aliphatic carboxylic acids is 1. The van der Waals surface area contributed by atoms with Crippen LogP contribution in [0.3, 0.4) is 0 Å². The van der Waals surface area contributed by atoms with Gasteiger partial charge in [-0.3, -0.25) is 19.0 Å². The Hall–Kier alpha value is -6.74. The number of benzene rings is 4. The van der Waals surface area contributed by atoms with Gasteiger partial charge in [-0.05, 0) is 111 Å². The number of nitrogens with zero attached hydrogens (tertiary/aromatic N) is 7. The SMILES string of the molecule is CC(=O)O.CCCc1cc(S(=O)(=O)N(Cc2ccc(OC)cc2)Cc2ccc(OC)cc2)nn1C(C)C.COc1ccc(CN(Cc2ccc(OC)cc2)S(=O)(=O)c2cc(CN(C)C(C)=O)n(C(C)C)n2)cc1. The van der Waals surface area contributed by atoms with Gasteiger partial charge in [-0.15, -0.1) is 0 Å². The highest BCUT2D eigenvalue weighted by molar-refractivity contribution is 7.89. The summed E-state index contributed by atoms with van der Waals surface area (Å²) < 4.78 is 82.7. The van der Waals surface area contributed by atoms with Gasteiger partial charge in [-0.2, -0.15) is 18.8 Å². The topological polar surface area (TPSA) is 205 Å². The van der Waals surface area contributed by atoms with E-state index in [2.05, 4.69) is 17.1 Å². The first-order chi connectivity index (χ1) is 34.6. The van der Waals surface area contributed by atoms with Crippen LogP contribution in [-0.2, 0) is 68.8 Å². The number of aromatic nitrogens is 4. The van der Waals surface area contributed by atoms with Crippen molar-refractivity contribution in [2.45, 2.75) is 116 Å². The van der Waals surface area contributed by atoms with E-state index in [0.29, 0.717) is 17.2 Å². The molecule has 0 unspecified atom stereocenters. The zero-order valence-electron chi connectivity index (χ0n) is 44.0. The maximum Gasteiger partial charge on any atom is 0.300 e. The summed E-state index contributed by atoms with van der Waals surface area (Å²) in [7, 11) is 0.227. The second kappa shape index (κ2) is 27.4. The fraction of sp³-hybridized carbons (Fsp3) is 0.396. The van der Waals surface area contributed by atoms with Crippen LogP contribution in [0.4, 0.5) is 0 Å². The van der Waals surface area contributed by atoms with E-state index < -0.39 is 26.0 Å². The van der Waals surface area contributed by atoms with Gasteiger partial charge in [0.25, 0.3) is 26.0 Å². The molecule has 0 saturated carbocycles. The zero-order chi connectivity index (χ0) is 54.0. The van der Waals surface area contributed by atoms with Crippen molar-refractivity contribution >= 4 is 31.9 Å². The number of ether oxygens (including phenoxy) is 4. The molecule has 0 aliphatic rings. The second-order valence-corrected chi connectivity index (χ2v) is 21.4. The van der Waals surface area contributed by atoms with Gasteiger partial charge in [0.05, 0.1) is 40.7 Å². The maximum atomic E-state index is 13.9. The van der Waals surface area contributed by atoms with E-state index in [1.807, 2.05) is 105 Å². The molecule has 0 aliphatic heterocycles. The Kier molecular flexibility index (Phi) is 22.0. The molecule has 0 fully saturated rings. The van der Waals surface area contributed by atoms with Gasteiger partial charge < -0.3 is 29.0 Å². The normalized spacial score (nSPS) is 11.5. The van der Waals surface area contributed by atoms with Gasteiger partial charge in [0, 0.05) is 70.9 Å². The minimum absolute atomic E-state index is 0.0508. The van der Waals surface area contributed by atoms with Crippen molar-refractivity contribution in [1.29, 1.82) is 0 Å². The molecule has 20 heteroatoms. The number of methoxy groups -OCH3 is 4. The molecule has 0 aliphatic carbocycles. The van der Waals surface area contributed by atoms with Crippen LogP contribution in [0.25, 0.3) is 0 Å². The number of hydrogen-bond acceptors (Lipinski definition) is 12. The lowest BCUT2D eigenvalue weighted by Gasteiger charge is -2.22. The van der Waals surface area contributed by atoms with E-state index >= 15 is 0 Å². The number of rotatable bonds is 22. The molecule has 6 rings (SSSR count). The molecule has 2 aromatic heterocycles. The highest BCUT2D eigenvalue weighted by atomic mass is 32.2. The predicted molar refractivity (Wildman–Crippen MR) is 280 cm³/mol. The Labute approximate surface area is 431 Å². The van der Waals surface area contributed by atoms with Crippen LogP contribution in [0.2, 0.25) is 0 Å². The fourth-order valence-corrected chi connectivity index (χ4v) is 10.1. The van der Waals surface area contributed by atoms with Gasteiger partial charge >= 0.3 is 0 Å². The van der Waals surface area contributed by atoms with E-state index in [0.717, 1.165) is 59.2 Å². The average molecular weight is 1050 g/mol. The largest absolute Gasteiger partial charge is 0.497 e. The summed E-state index contributed by atoms with van der Waals surface area (Å²) in [4.78, 5) is 22.3. The van der Waals surface area contributed by atoms with Crippen LogP contribution in [0, 0.1) is 0 Å². The van der Waals surface area contributed by atoms with Crippen LogP contribution in [0.5, 0.6) is 23.0 Å². The molecule has 0 atom stereocenters. The molecular formula is C53H71N7O11S2. The van der Waals surface area contributed by atoms with Crippen LogP contribution >= 0.6 is 0 Å². The first kappa shape index (κ1) is 58.8. The number of carboxylic acid groups (broad SMARTS) is 1. The minimum Gasteiger partial charge on any atom is -0.497 e. The molecule has 0 bridgehead atoms. The highest BCUT2D eigenvalue weighted by Crippen LogP contribution is 2.27. The van der Waals surface area contributed by atoms with E-state index in [1.54, 1.807) is 76.6 Å². The summed E-state index contributed by atoms with van der Waals surface area (Å²) >= 11 is 0. The first-order valence-electron chi connectivity index (χ1n) is 23.7. The lowest BCUT2D eigenvalue weighted by molar-refractivity contribution is -0.134. The fourth-order valence-electron chi connectivity index (χ4n) is 7.33. The molecule has 4 aromatic carbocycles. The van der Waals surface area contributed by atoms with Gasteiger partial charge in [0.15, 0.2) is 10.1 Å². The summed E-state index contributed by atoms with van der Waals surface area (Å²) in [6.07, 6.45) is 1.69. The molecule has 0 spiro atoms. The number of carboxylic acids is 1. The number of hydrogen-bond donors (Lipinski definition) is 1. The third kappa shape index (κ3) is 16.9. The zero-order valence-corrected chi connectivity index (χ0v) is 45.6. The molecule has 2 heterocycles. The molecule has 1 amide bonds. The molecule has 6 aromatic rings. The van der Waals surface area contributed by atoms with Crippen LogP contribution in [0.1, 0.15) is 101 Å². The Balaban J connectivity index is 0.000000296. The lowest BCUT2D eigenvalue weighted by atomic mass is 10.2. The Morgan fingerprint density at radius 3 is 1.05 bits per heavy atom. The van der Waals surface area contributed by atoms with E-state index in [9.17, 15) is 21.6 Å². The Morgan fingerprint density at radius 1 is 0.534 bits per heavy atom. The smallest absolute Gasteiger partial charge is 0.300 e. The number of carbonyl (C=O) groups is 2. The molecule has 0 radical (unpaired) electrons. The summed E-state index contributed by atoms with van der Waals surface area (Å²) in [5.74, 6) is 1.89. The van der Waals surface area contributed by atoms with Crippen molar-refractivity contribution in [2.24, 2.45) is 0 Å². The van der Waals surface area contributed by atoms with Crippen LogP contribution in [0.15, 0.2) is 119 Å². The Bertz CT molecular complexity index is 2800. The third-order valence-electron chi connectivity index (χ3n) is 11.3. The van der Waals surface area contributed by atoms with Crippen molar-refractivity contribution in [2.75, 3.05) is 35.5 Å². The van der Waals surface area contributed by atoms with Crippen molar-refractivity contribution in [3.05, 3.63) is 143 Å². The quantitative estimate of drug-likeness (QED) is 0.0676. The van der Waals surface area contributed by atoms with Crippen molar-refractivity contribution in [3.8, 4) is 23.0 Å². The van der Waals surface area contributed by atoms with Crippen molar-refractivity contribution in [3.63, 3.8) is 0 Å². The van der Waals surface area contributed by atoms with Crippen LogP contribution < -0.4 is 18.9 Å². The molecule has 18 nitrogen and oxygen atoms in total. The highest BCUT2D eigenvalue weighted by Gasteiger charge is 2.31. The number of amides is 1. The Morgan fingerprint density at radius 2 is 0.808 bits per heavy atom. The second-order valence-electron chi connectivity index (χ2n) is 17.6. The maximum absolute atomic E-state index is 13.9. The van der Waals surface area contributed by atoms with Crippen molar-refractivity contribution < 1.29 is 50.5 Å². The number of carbonyl (C=O) groups excluding carboxylic acids is 1. The summed E-state index contributed by atoms with van der Waals surface area (Å²) in [6, 6.07) is 32.7. The monoisotopic (exact) mass is 1050 g/mol. The van der Waals surface area contributed by atoms with E-state index in [-0.39, 0.29) is 60.8 Å². The van der Waals surface area contributed by atoms with E-state index in [1.165, 1.54) is 20.4 Å². The molecule has 396 valence electrons. The average Bonchev–Trinajstić information content (AvgIpc) is 4.01. The lowest BCUT2D eigenvalue weighted by Crippen LogP contribution is -2.30. The number of sulfonamides is 2. The van der Waals surface area contributed by atoms with E-state index in [4.69, 9.17) is 28.8 Å². The summed E-state index contributed by atoms with van der Waals surface area (Å²) in [5.41, 5.74) is 4.94. The van der Waals surface area contributed by atoms with Crippen molar-refractivity contribution in [1.82, 2.24) is 33.1 Å². The molecular weight excluding hydrogens is 975 g/mol. The van der Waals surface area contributed by atoms with Gasteiger partial charge in [0.1, 0.15) is 23.0 Å². The molecule has 0 saturated heterocycles. The van der Waals surface area contributed by atoms with Gasteiger partial charge in [-0.1, -0.05) is 61.9 Å². The minimum atomic E-state index is -3.98. The molecule has 1 N–H and O–H groups in total.